The van der Waals surface area contributed by atoms with Crippen LogP contribution in [0.15, 0.2) is 12.1 Å². The maximum absolute atomic E-state index is 11.7. The molecule has 0 saturated heterocycles. The minimum absolute atomic E-state index is 0.137. The van der Waals surface area contributed by atoms with E-state index in [4.69, 9.17) is 5.73 Å². The van der Waals surface area contributed by atoms with Crippen molar-refractivity contribution in [1.82, 2.24) is 0 Å². The van der Waals surface area contributed by atoms with Crippen LogP contribution >= 0.6 is 0 Å². The molecule has 0 saturated carbocycles. The Labute approximate surface area is 116 Å². The van der Waals surface area contributed by atoms with Gasteiger partial charge >= 0.3 is 11.7 Å². The number of carbonyl (C=O) groups excluding carboxylic acids is 1. The second-order valence-corrected chi connectivity index (χ2v) is 5.12. The second-order valence-electron chi connectivity index (χ2n) is 5.12. The third-order valence-electron chi connectivity index (χ3n) is 3.39. The van der Waals surface area contributed by atoms with Crippen molar-refractivity contribution >= 4 is 11.7 Å². The molecular weight excluding hydrogens is 264 g/mol. The summed E-state index contributed by atoms with van der Waals surface area (Å²) in [4.78, 5) is 22.0. The third-order valence-corrected chi connectivity index (χ3v) is 3.39. The van der Waals surface area contributed by atoms with Gasteiger partial charge in [0, 0.05) is 17.2 Å². The van der Waals surface area contributed by atoms with Gasteiger partial charge in [-0.25, -0.2) is 0 Å². The molecule has 1 aromatic rings. The molecule has 3 N–H and O–H groups in total. The quantitative estimate of drug-likeness (QED) is 0.494. The number of nitro benzene ring substituents is 1. The fourth-order valence-electron chi connectivity index (χ4n) is 1.96. The highest BCUT2D eigenvalue weighted by molar-refractivity contribution is 5.77. The number of nitrogens with zero attached hydrogens (tertiary/aromatic N) is 1. The summed E-state index contributed by atoms with van der Waals surface area (Å²) >= 11 is 0. The van der Waals surface area contributed by atoms with E-state index in [0.717, 1.165) is 0 Å². The van der Waals surface area contributed by atoms with Gasteiger partial charge in [0.2, 0.25) is 0 Å². The molecule has 7 nitrogen and oxygen atoms in total. The number of esters is 1. The first-order valence-electron chi connectivity index (χ1n) is 5.95. The van der Waals surface area contributed by atoms with E-state index in [9.17, 15) is 20.0 Å². The number of benzene rings is 1. The van der Waals surface area contributed by atoms with Gasteiger partial charge in [-0.1, -0.05) is 12.1 Å². The largest absolute Gasteiger partial charge is 0.502 e. The van der Waals surface area contributed by atoms with E-state index in [1.54, 1.807) is 13.8 Å². The van der Waals surface area contributed by atoms with Crippen LogP contribution in [0.2, 0.25) is 0 Å². The molecule has 0 amide bonds. The van der Waals surface area contributed by atoms with E-state index in [2.05, 4.69) is 4.74 Å². The molecule has 7 heteroatoms. The van der Waals surface area contributed by atoms with Crippen molar-refractivity contribution < 1.29 is 19.6 Å². The second kappa shape index (κ2) is 5.46. The zero-order chi connectivity index (χ0) is 15.7. The lowest BCUT2D eigenvalue weighted by atomic mass is 9.80. The molecule has 0 spiro atoms. The van der Waals surface area contributed by atoms with E-state index in [1.165, 1.54) is 26.2 Å². The van der Waals surface area contributed by atoms with Crippen molar-refractivity contribution in [3.63, 3.8) is 0 Å². The molecule has 110 valence electrons. The van der Waals surface area contributed by atoms with Crippen LogP contribution in [0.3, 0.4) is 0 Å². The van der Waals surface area contributed by atoms with Crippen LogP contribution in [-0.4, -0.2) is 23.1 Å². The fourth-order valence-corrected chi connectivity index (χ4v) is 1.96. The molecule has 0 heterocycles. The van der Waals surface area contributed by atoms with Gasteiger partial charge in [0.25, 0.3) is 0 Å². The van der Waals surface area contributed by atoms with Gasteiger partial charge in [0.15, 0.2) is 5.75 Å². The number of carbonyl (C=O) groups is 1. The summed E-state index contributed by atoms with van der Waals surface area (Å²) in [6, 6.07) is 2.03. The summed E-state index contributed by atoms with van der Waals surface area (Å²) in [6.45, 7) is 4.61. The number of phenols is 1. The monoisotopic (exact) mass is 282 g/mol. The van der Waals surface area contributed by atoms with Gasteiger partial charge in [-0.05, 0) is 20.8 Å². The predicted octanol–water partition coefficient (Wildman–Crippen LogP) is 1.81. The lowest BCUT2D eigenvalue weighted by molar-refractivity contribution is -0.386. The number of methoxy groups -OCH3 is 1. The Bertz CT molecular complexity index is 554. The molecule has 0 fully saturated rings. The average molecular weight is 282 g/mol. The Kier molecular flexibility index (Phi) is 4.34. The zero-order valence-corrected chi connectivity index (χ0v) is 11.8. The summed E-state index contributed by atoms with van der Waals surface area (Å²) in [5.74, 6) is -1.08. The molecule has 0 aliphatic rings. The van der Waals surface area contributed by atoms with Crippen LogP contribution in [0.25, 0.3) is 0 Å². The number of hydrogen-bond donors (Lipinski definition) is 2. The highest BCUT2D eigenvalue weighted by Gasteiger charge is 2.39. The molecule has 0 aromatic heterocycles. The molecule has 0 bridgehead atoms. The van der Waals surface area contributed by atoms with E-state index in [0.29, 0.717) is 5.56 Å². The number of hydrogen-bond acceptors (Lipinski definition) is 6. The standard InChI is InChI=1S/C13H18N2O5/c1-7-5-6-8(10(16)9(7)15(18)19)11(14)13(2,3)12(17)20-4/h5-6,11,16H,14H2,1-4H3/t11-/m0/s1. The van der Waals surface area contributed by atoms with E-state index >= 15 is 0 Å². The SMILES string of the molecule is COC(=O)C(C)(C)[C@@H](N)c1ccc(C)c([N+](=O)[O-])c1O. The Morgan fingerprint density at radius 1 is 1.50 bits per heavy atom. The van der Waals surface area contributed by atoms with Gasteiger partial charge in [-0.15, -0.1) is 0 Å². The third kappa shape index (κ3) is 2.57. The molecule has 0 aliphatic carbocycles. The van der Waals surface area contributed by atoms with Crippen LogP contribution in [0.5, 0.6) is 5.75 Å². The lowest BCUT2D eigenvalue weighted by Gasteiger charge is -2.29. The molecular formula is C13H18N2O5. The lowest BCUT2D eigenvalue weighted by Crippen LogP contribution is -2.37. The van der Waals surface area contributed by atoms with E-state index in [1.807, 2.05) is 0 Å². The van der Waals surface area contributed by atoms with Crippen molar-refractivity contribution in [3.8, 4) is 5.75 Å². The van der Waals surface area contributed by atoms with Crippen molar-refractivity contribution in [3.05, 3.63) is 33.4 Å². The summed E-state index contributed by atoms with van der Waals surface area (Å²) in [7, 11) is 1.23. The number of nitro groups is 1. The Hall–Kier alpha value is -2.15. The van der Waals surface area contributed by atoms with Gasteiger partial charge in [-0.3, -0.25) is 14.9 Å². The minimum atomic E-state index is -1.13. The number of aromatic hydroxyl groups is 1. The Morgan fingerprint density at radius 2 is 2.05 bits per heavy atom. The Balaban J connectivity index is 3.38. The number of nitrogens with two attached hydrogens (primary N) is 1. The van der Waals surface area contributed by atoms with Crippen LogP contribution in [0.4, 0.5) is 5.69 Å². The van der Waals surface area contributed by atoms with Gasteiger partial charge in [-0.2, -0.15) is 0 Å². The van der Waals surface area contributed by atoms with E-state index in [-0.39, 0.29) is 5.56 Å². The van der Waals surface area contributed by atoms with Gasteiger partial charge in [0.05, 0.1) is 17.4 Å². The number of ether oxygens (including phenoxy) is 1. The van der Waals surface area contributed by atoms with Crippen molar-refractivity contribution in [2.75, 3.05) is 7.11 Å². The molecule has 1 aromatic carbocycles. The Morgan fingerprint density at radius 3 is 2.50 bits per heavy atom. The van der Waals surface area contributed by atoms with Crippen LogP contribution in [0.1, 0.15) is 31.0 Å². The fraction of sp³-hybridized carbons (Fsp3) is 0.462. The van der Waals surface area contributed by atoms with E-state index < -0.39 is 33.8 Å². The van der Waals surface area contributed by atoms with Crippen LogP contribution < -0.4 is 5.73 Å². The molecule has 0 aliphatic heterocycles. The molecule has 0 unspecified atom stereocenters. The normalized spacial score (nSPS) is 12.8. The first-order chi connectivity index (χ1) is 9.14. The van der Waals surface area contributed by atoms with Crippen LogP contribution in [0, 0.1) is 22.5 Å². The maximum atomic E-state index is 11.7. The molecule has 1 atom stereocenters. The average Bonchev–Trinajstić information content (AvgIpc) is 2.36. The topological polar surface area (TPSA) is 116 Å². The van der Waals surface area contributed by atoms with Crippen LogP contribution in [-0.2, 0) is 9.53 Å². The summed E-state index contributed by atoms with van der Waals surface area (Å²) in [5, 5.41) is 21.0. The maximum Gasteiger partial charge on any atom is 0.313 e. The van der Waals surface area contributed by atoms with Gasteiger partial charge in [0.1, 0.15) is 0 Å². The summed E-state index contributed by atoms with van der Waals surface area (Å²) < 4.78 is 4.66. The smallest absolute Gasteiger partial charge is 0.313 e. The minimum Gasteiger partial charge on any atom is -0.502 e. The molecule has 1 rings (SSSR count). The van der Waals surface area contributed by atoms with Crippen molar-refractivity contribution in [2.24, 2.45) is 11.1 Å². The summed E-state index contributed by atoms with van der Waals surface area (Å²) in [6.07, 6.45) is 0. The number of phenolic OH excluding ortho intramolecular Hbond substituents is 1. The molecule has 0 radical (unpaired) electrons. The first kappa shape index (κ1) is 15.9. The number of rotatable bonds is 4. The predicted molar refractivity (Wildman–Crippen MR) is 72.2 cm³/mol. The zero-order valence-electron chi connectivity index (χ0n) is 11.8. The highest BCUT2D eigenvalue weighted by Crippen LogP contribution is 2.41. The van der Waals surface area contributed by atoms with Crippen molar-refractivity contribution in [2.45, 2.75) is 26.8 Å². The first-order valence-corrected chi connectivity index (χ1v) is 5.95. The summed E-state index contributed by atoms with van der Waals surface area (Å²) in [5.41, 5.74) is 4.91. The number of aryl methyl sites for hydroxylation is 1. The highest BCUT2D eigenvalue weighted by atomic mass is 16.6. The van der Waals surface area contributed by atoms with Crippen molar-refractivity contribution in [1.29, 1.82) is 0 Å². The van der Waals surface area contributed by atoms with Gasteiger partial charge < -0.3 is 15.6 Å². The molecule has 20 heavy (non-hydrogen) atoms.